The van der Waals surface area contributed by atoms with E-state index in [0.29, 0.717) is 22.9 Å². The molecular formula is C28H32N2O2. The Hall–Kier alpha value is -2.88. The molecule has 32 heavy (non-hydrogen) atoms. The summed E-state index contributed by atoms with van der Waals surface area (Å²) in [5.41, 5.74) is 2.92. The highest BCUT2D eigenvalue weighted by atomic mass is 16.3. The third kappa shape index (κ3) is 4.11. The summed E-state index contributed by atoms with van der Waals surface area (Å²) in [5.74, 6) is 0.179. The molecule has 2 fully saturated rings. The van der Waals surface area contributed by atoms with Gasteiger partial charge in [0.2, 0.25) is 0 Å². The fraction of sp³-hybridized carbons (Fsp3) is 0.429. The van der Waals surface area contributed by atoms with Crippen LogP contribution in [0.4, 0.5) is 0 Å². The van der Waals surface area contributed by atoms with Crippen molar-refractivity contribution in [3.63, 3.8) is 0 Å². The van der Waals surface area contributed by atoms with Gasteiger partial charge >= 0.3 is 0 Å². The number of nitrogens with zero attached hydrogens (tertiary/aromatic N) is 2. The summed E-state index contributed by atoms with van der Waals surface area (Å²) in [6, 6.07) is 15.8. The van der Waals surface area contributed by atoms with Crippen LogP contribution in [0.2, 0.25) is 0 Å². The number of hydrogen-bond donors (Lipinski definition) is 1. The highest BCUT2D eigenvalue weighted by Gasteiger charge is 2.23. The highest BCUT2D eigenvalue weighted by molar-refractivity contribution is 6.15. The molecule has 166 valence electrons. The lowest BCUT2D eigenvalue weighted by Gasteiger charge is -2.27. The van der Waals surface area contributed by atoms with E-state index in [1.54, 1.807) is 6.07 Å². The van der Waals surface area contributed by atoms with E-state index in [9.17, 15) is 9.90 Å². The number of aromatic nitrogens is 1. The predicted octanol–water partition coefficient (Wildman–Crippen LogP) is 6.38. The Bertz CT molecular complexity index is 1180. The summed E-state index contributed by atoms with van der Waals surface area (Å²) in [5, 5.41) is 11.4. The maximum atomic E-state index is 13.8. The molecule has 0 atom stereocenters. The van der Waals surface area contributed by atoms with Crippen LogP contribution in [0, 0.1) is 0 Å². The van der Waals surface area contributed by atoms with Crippen molar-refractivity contribution in [1.29, 1.82) is 0 Å². The van der Waals surface area contributed by atoms with E-state index in [1.807, 2.05) is 42.6 Å². The lowest BCUT2D eigenvalue weighted by atomic mass is 9.93. The number of pyridine rings is 1. The lowest BCUT2D eigenvalue weighted by molar-refractivity contribution is 0.359. The molecule has 1 N–H and O–H groups in total. The van der Waals surface area contributed by atoms with Gasteiger partial charge in [-0.05, 0) is 49.9 Å². The number of aliphatic imine (C=N–C) groups is 1. The molecule has 3 aromatic rings. The minimum atomic E-state index is 0.00507. The molecule has 4 heteroatoms. The summed E-state index contributed by atoms with van der Waals surface area (Å²) >= 11 is 0. The molecule has 0 bridgehead atoms. The Morgan fingerprint density at radius 1 is 0.812 bits per heavy atom. The van der Waals surface area contributed by atoms with Crippen molar-refractivity contribution in [2.45, 2.75) is 76.3 Å². The second-order valence-corrected chi connectivity index (χ2v) is 9.37. The molecule has 2 aromatic carbocycles. The Labute approximate surface area is 189 Å². The zero-order valence-corrected chi connectivity index (χ0v) is 18.7. The summed E-state index contributed by atoms with van der Waals surface area (Å²) in [6.45, 7) is 0. The fourth-order valence-corrected chi connectivity index (χ4v) is 5.48. The van der Waals surface area contributed by atoms with Crippen molar-refractivity contribution in [2.24, 2.45) is 4.99 Å². The minimum Gasteiger partial charge on any atom is -0.507 e. The quantitative estimate of drug-likeness (QED) is 0.490. The number of benzene rings is 2. The molecule has 2 aliphatic rings. The maximum absolute atomic E-state index is 13.8. The number of para-hydroxylation sites is 2. The summed E-state index contributed by atoms with van der Waals surface area (Å²) in [7, 11) is 0. The molecule has 0 unspecified atom stereocenters. The first-order valence-electron chi connectivity index (χ1n) is 12.2. The van der Waals surface area contributed by atoms with E-state index in [0.717, 1.165) is 36.6 Å². The van der Waals surface area contributed by atoms with E-state index in [4.69, 9.17) is 4.99 Å². The third-order valence-corrected chi connectivity index (χ3v) is 7.21. The minimum absolute atomic E-state index is 0.00507. The summed E-state index contributed by atoms with van der Waals surface area (Å²) < 4.78 is 2.32. The van der Waals surface area contributed by atoms with E-state index >= 15 is 0 Å². The largest absolute Gasteiger partial charge is 0.507 e. The Morgan fingerprint density at radius 2 is 1.47 bits per heavy atom. The van der Waals surface area contributed by atoms with Gasteiger partial charge in [0.15, 0.2) is 5.43 Å². The monoisotopic (exact) mass is 428 g/mol. The maximum Gasteiger partial charge on any atom is 0.198 e. The Morgan fingerprint density at radius 3 is 2.22 bits per heavy atom. The molecule has 2 saturated carbocycles. The molecular weight excluding hydrogens is 396 g/mol. The van der Waals surface area contributed by atoms with Crippen LogP contribution in [-0.4, -0.2) is 21.4 Å². The molecule has 2 aliphatic carbocycles. The van der Waals surface area contributed by atoms with Crippen LogP contribution in [0.1, 0.15) is 81.4 Å². The van der Waals surface area contributed by atoms with Crippen molar-refractivity contribution in [1.82, 2.24) is 4.57 Å². The number of fused-ring (bicyclic) bond motifs is 1. The topological polar surface area (TPSA) is 54.6 Å². The first kappa shape index (κ1) is 21.0. The van der Waals surface area contributed by atoms with Crippen molar-refractivity contribution < 1.29 is 5.11 Å². The number of hydrogen-bond acceptors (Lipinski definition) is 3. The van der Waals surface area contributed by atoms with Gasteiger partial charge in [0.05, 0.1) is 22.8 Å². The average molecular weight is 429 g/mol. The zero-order chi connectivity index (χ0) is 21.9. The highest BCUT2D eigenvalue weighted by Crippen LogP contribution is 2.32. The van der Waals surface area contributed by atoms with E-state index in [-0.39, 0.29) is 17.2 Å². The third-order valence-electron chi connectivity index (χ3n) is 7.21. The van der Waals surface area contributed by atoms with Gasteiger partial charge in [-0.3, -0.25) is 9.79 Å². The van der Waals surface area contributed by atoms with Gasteiger partial charge in [0.25, 0.3) is 0 Å². The van der Waals surface area contributed by atoms with Gasteiger partial charge in [0.1, 0.15) is 5.75 Å². The molecule has 0 spiro atoms. The van der Waals surface area contributed by atoms with Crippen molar-refractivity contribution in [3.05, 3.63) is 76.1 Å². The Kier molecular flexibility index (Phi) is 6.11. The fourth-order valence-electron chi connectivity index (χ4n) is 5.48. The van der Waals surface area contributed by atoms with Crippen LogP contribution < -0.4 is 5.43 Å². The SMILES string of the molecule is O=c1c(C(=NC2CCCCC2)c2ccccc2O)cn(C2CCCCC2)c2ccccc12. The molecule has 4 nitrogen and oxygen atoms in total. The molecule has 0 radical (unpaired) electrons. The van der Waals surface area contributed by atoms with Crippen molar-refractivity contribution in [3.8, 4) is 5.75 Å². The van der Waals surface area contributed by atoms with Gasteiger partial charge < -0.3 is 9.67 Å². The van der Waals surface area contributed by atoms with Crippen LogP contribution in [0.5, 0.6) is 5.75 Å². The first-order chi connectivity index (χ1) is 15.7. The molecule has 0 amide bonds. The second-order valence-electron chi connectivity index (χ2n) is 9.37. The Balaban J connectivity index is 1.73. The van der Waals surface area contributed by atoms with Crippen LogP contribution in [0.3, 0.4) is 0 Å². The zero-order valence-electron chi connectivity index (χ0n) is 18.7. The van der Waals surface area contributed by atoms with Gasteiger partial charge in [-0.25, -0.2) is 0 Å². The van der Waals surface area contributed by atoms with Crippen molar-refractivity contribution >= 4 is 16.6 Å². The number of phenols is 1. The first-order valence-corrected chi connectivity index (χ1v) is 12.2. The average Bonchev–Trinajstić information content (AvgIpc) is 2.85. The van der Waals surface area contributed by atoms with Crippen LogP contribution in [0.15, 0.2) is 64.5 Å². The number of phenolic OH excluding ortho intramolecular Hbond substituents is 1. The standard InChI is InChI=1S/C28H32N2O2/c31-26-18-10-8-16-23(26)27(29-20-11-3-1-4-12-20)24-19-30(21-13-5-2-6-14-21)25-17-9-7-15-22(25)28(24)32/h7-10,15-21,31H,1-6,11-14H2. The van der Waals surface area contributed by atoms with Crippen LogP contribution in [-0.2, 0) is 0 Å². The second kappa shape index (κ2) is 9.32. The molecule has 5 rings (SSSR count). The van der Waals surface area contributed by atoms with Gasteiger partial charge in [0, 0.05) is 23.2 Å². The molecule has 1 heterocycles. The van der Waals surface area contributed by atoms with Crippen LogP contribution in [0.25, 0.3) is 10.9 Å². The lowest BCUT2D eigenvalue weighted by Crippen LogP contribution is -2.25. The predicted molar refractivity (Wildman–Crippen MR) is 131 cm³/mol. The molecule has 0 aliphatic heterocycles. The van der Waals surface area contributed by atoms with Gasteiger partial charge in [-0.15, -0.1) is 0 Å². The van der Waals surface area contributed by atoms with E-state index in [2.05, 4.69) is 10.6 Å². The molecule has 1 aromatic heterocycles. The van der Waals surface area contributed by atoms with Gasteiger partial charge in [-0.1, -0.05) is 62.8 Å². The smallest absolute Gasteiger partial charge is 0.198 e. The van der Waals surface area contributed by atoms with Gasteiger partial charge in [-0.2, -0.15) is 0 Å². The van der Waals surface area contributed by atoms with E-state index in [1.165, 1.54) is 38.5 Å². The van der Waals surface area contributed by atoms with Crippen LogP contribution >= 0.6 is 0 Å². The summed E-state index contributed by atoms with van der Waals surface area (Å²) in [4.78, 5) is 18.9. The molecule has 0 saturated heterocycles. The number of rotatable bonds is 4. The normalized spacial score (nSPS) is 18.8. The summed E-state index contributed by atoms with van der Waals surface area (Å²) in [6.07, 6.45) is 13.7. The number of aromatic hydroxyl groups is 1. The van der Waals surface area contributed by atoms with Crippen molar-refractivity contribution in [2.75, 3.05) is 0 Å². The van der Waals surface area contributed by atoms with E-state index < -0.39 is 0 Å².